The van der Waals surface area contributed by atoms with E-state index in [0.717, 1.165) is 45.5 Å². The predicted octanol–water partition coefficient (Wildman–Crippen LogP) is 5.59. The molecule has 0 unspecified atom stereocenters. The summed E-state index contributed by atoms with van der Waals surface area (Å²) in [5.74, 6) is 1.36. The highest BCUT2D eigenvalue weighted by molar-refractivity contribution is 6.30. The molecule has 0 aliphatic heterocycles. The first-order valence-corrected chi connectivity index (χ1v) is 8.66. The van der Waals surface area contributed by atoms with E-state index in [1.807, 2.05) is 69.3 Å². The molecule has 128 valence electrons. The molecular weight excluding hydrogens is 332 g/mol. The summed E-state index contributed by atoms with van der Waals surface area (Å²) in [5, 5.41) is 7.36. The Balaban J connectivity index is 2.03. The summed E-state index contributed by atoms with van der Waals surface area (Å²) >= 11 is 6.13. The SMILES string of the molecule is CCNc1nc(Nc2c(C)cc(Cl)cc2C)cc(-c2ccccc2)n1. The molecule has 2 aromatic carbocycles. The monoisotopic (exact) mass is 352 g/mol. The summed E-state index contributed by atoms with van der Waals surface area (Å²) in [7, 11) is 0. The molecule has 5 heteroatoms. The zero-order valence-electron chi connectivity index (χ0n) is 14.6. The van der Waals surface area contributed by atoms with E-state index < -0.39 is 0 Å². The summed E-state index contributed by atoms with van der Waals surface area (Å²) in [6.07, 6.45) is 0. The second kappa shape index (κ2) is 7.53. The van der Waals surface area contributed by atoms with Crippen LogP contribution in [0.1, 0.15) is 18.1 Å². The minimum Gasteiger partial charge on any atom is -0.354 e. The molecule has 0 fully saturated rings. The highest BCUT2D eigenvalue weighted by Gasteiger charge is 2.10. The first-order valence-electron chi connectivity index (χ1n) is 8.29. The summed E-state index contributed by atoms with van der Waals surface area (Å²) in [6.45, 7) is 6.85. The summed E-state index contributed by atoms with van der Waals surface area (Å²) in [4.78, 5) is 9.19. The van der Waals surface area contributed by atoms with E-state index in [-0.39, 0.29) is 0 Å². The van der Waals surface area contributed by atoms with Gasteiger partial charge >= 0.3 is 0 Å². The fourth-order valence-electron chi connectivity index (χ4n) is 2.74. The number of nitrogens with zero attached hydrogens (tertiary/aromatic N) is 2. The Hall–Kier alpha value is -2.59. The third kappa shape index (κ3) is 4.09. The van der Waals surface area contributed by atoms with E-state index >= 15 is 0 Å². The molecule has 0 spiro atoms. The summed E-state index contributed by atoms with van der Waals surface area (Å²) in [6, 6.07) is 15.9. The van der Waals surface area contributed by atoms with Gasteiger partial charge in [-0.1, -0.05) is 41.9 Å². The van der Waals surface area contributed by atoms with Crippen LogP contribution in [0.2, 0.25) is 5.02 Å². The van der Waals surface area contributed by atoms with Gasteiger partial charge in [-0.2, -0.15) is 4.98 Å². The van der Waals surface area contributed by atoms with E-state index in [2.05, 4.69) is 20.6 Å². The Morgan fingerprint density at radius 3 is 2.28 bits per heavy atom. The Labute approximate surface area is 153 Å². The fourth-order valence-corrected chi connectivity index (χ4v) is 3.07. The summed E-state index contributed by atoms with van der Waals surface area (Å²) in [5.41, 5.74) is 5.10. The van der Waals surface area contributed by atoms with Gasteiger partial charge < -0.3 is 10.6 Å². The number of rotatable bonds is 5. The molecule has 0 aliphatic carbocycles. The average Bonchev–Trinajstić information content (AvgIpc) is 2.59. The zero-order chi connectivity index (χ0) is 17.8. The molecule has 0 amide bonds. The van der Waals surface area contributed by atoms with Crippen LogP contribution in [0.25, 0.3) is 11.3 Å². The van der Waals surface area contributed by atoms with Gasteiger partial charge in [0.1, 0.15) is 5.82 Å². The number of hydrogen-bond donors (Lipinski definition) is 2. The number of aryl methyl sites for hydroxylation is 2. The van der Waals surface area contributed by atoms with Crippen LogP contribution in [0.15, 0.2) is 48.5 Å². The van der Waals surface area contributed by atoms with Crippen molar-refractivity contribution in [2.75, 3.05) is 17.2 Å². The van der Waals surface area contributed by atoms with Crippen molar-refractivity contribution in [3.63, 3.8) is 0 Å². The lowest BCUT2D eigenvalue weighted by molar-refractivity contribution is 1.09. The van der Waals surface area contributed by atoms with Crippen molar-refractivity contribution < 1.29 is 0 Å². The molecule has 1 heterocycles. The minimum atomic E-state index is 0.607. The number of halogens is 1. The lowest BCUT2D eigenvalue weighted by atomic mass is 10.1. The van der Waals surface area contributed by atoms with Crippen LogP contribution in [0.4, 0.5) is 17.5 Å². The van der Waals surface area contributed by atoms with Crippen LogP contribution in [0.3, 0.4) is 0 Å². The molecule has 0 saturated heterocycles. The largest absolute Gasteiger partial charge is 0.354 e. The van der Waals surface area contributed by atoms with E-state index in [0.29, 0.717) is 5.95 Å². The average molecular weight is 353 g/mol. The van der Waals surface area contributed by atoms with Crippen LogP contribution >= 0.6 is 11.6 Å². The van der Waals surface area contributed by atoms with Crippen LogP contribution in [-0.2, 0) is 0 Å². The molecule has 4 nitrogen and oxygen atoms in total. The van der Waals surface area contributed by atoms with Crippen molar-refractivity contribution in [2.24, 2.45) is 0 Å². The number of hydrogen-bond acceptors (Lipinski definition) is 4. The maximum Gasteiger partial charge on any atom is 0.225 e. The van der Waals surface area contributed by atoms with E-state index in [4.69, 9.17) is 11.6 Å². The van der Waals surface area contributed by atoms with Gasteiger partial charge in [0.2, 0.25) is 5.95 Å². The Morgan fingerprint density at radius 1 is 0.960 bits per heavy atom. The Kier molecular flexibility index (Phi) is 5.19. The highest BCUT2D eigenvalue weighted by Crippen LogP contribution is 2.29. The first-order chi connectivity index (χ1) is 12.1. The fraction of sp³-hybridized carbons (Fsp3) is 0.200. The van der Waals surface area contributed by atoms with Crippen molar-refractivity contribution in [2.45, 2.75) is 20.8 Å². The highest BCUT2D eigenvalue weighted by atomic mass is 35.5. The first kappa shape index (κ1) is 17.2. The Bertz CT molecular complexity index is 855. The number of nitrogens with one attached hydrogen (secondary N) is 2. The molecule has 0 bridgehead atoms. The molecular formula is C20H21ClN4. The van der Waals surface area contributed by atoms with Crippen molar-refractivity contribution in [1.29, 1.82) is 0 Å². The van der Waals surface area contributed by atoms with Gasteiger partial charge in [-0.25, -0.2) is 4.98 Å². The van der Waals surface area contributed by atoms with E-state index in [9.17, 15) is 0 Å². The van der Waals surface area contributed by atoms with E-state index in [1.165, 1.54) is 0 Å². The lowest BCUT2D eigenvalue weighted by Gasteiger charge is -2.15. The van der Waals surface area contributed by atoms with Gasteiger partial charge in [-0.05, 0) is 44.0 Å². The molecule has 0 radical (unpaired) electrons. The standard InChI is InChI=1S/C20H21ClN4/c1-4-22-20-23-17(15-8-6-5-7-9-15)12-18(25-20)24-19-13(2)10-16(21)11-14(19)3/h5-12H,4H2,1-3H3,(H2,22,23,24,25). The maximum absolute atomic E-state index is 6.13. The van der Waals surface area contributed by atoms with Crippen LogP contribution < -0.4 is 10.6 Å². The van der Waals surface area contributed by atoms with Gasteiger partial charge in [0.15, 0.2) is 0 Å². The third-order valence-electron chi connectivity index (χ3n) is 3.88. The van der Waals surface area contributed by atoms with Crippen LogP contribution in [0.5, 0.6) is 0 Å². The normalized spacial score (nSPS) is 10.6. The van der Waals surface area contributed by atoms with Crippen LogP contribution in [-0.4, -0.2) is 16.5 Å². The molecule has 0 atom stereocenters. The van der Waals surface area contributed by atoms with Crippen molar-refractivity contribution in [1.82, 2.24) is 9.97 Å². The van der Waals surface area contributed by atoms with Gasteiger partial charge in [0.25, 0.3) is 0 Å². The predicted molar refractivity (Wildman–Crippen MR) is 106 cm³/mol. The summed E-state index contributed by atoms with van der Waals surface area (Å²) < 4.78 is 0. The lowest BCUT2D eigenvalue weighted by Crippen LogP contribution is -2.06. The van der Waals surface area contributed by atoms with Gasteiger partial charge in [-0.3, -0.25) is 0 Å². The molecule has 0 saturated carbocycles. The molecule has 2 N–H and O–H groups in total. The smallest absolute Gasteiger partial charge is 0.225 e. The second-order valence-corrected chi connectivity index (χ2v) is 6.33. The zero-order valence-corrected chi connectivity index (χ0v) is 15.4. The topological polar surface area (TPSA) is 49.8 Å². The third-order valence-corrected chi connectivity index (χ3v) is 4.10. The molecule has 3 aromatic rings. The van der Waals surface area contributed by atoms with Crippen LogP contribution in [0, 0.1) is 13.8 Å². The van der Waals surface area contributed by atoms with E-state index in [1.54, 1.807) is 0 Å². The molecule has 3 rings (SSSR count). The van der Waals surface area contributed by atoms with Gasteiger partial charge in [-0.15, -0.1) is 0 Å². The minimum absolute atomic E-state index is 0.607. The van der Waals surface area contributed by atoms with Crippen molar-refractivity contribution in [3.8, 4) is 11.3 Å². The Morgan fingerprint density at radius 2 is 1.64 bits per heavy atom. The van der Waals surface area contributed by atoms with Crippen molar-refractivity contribution >= 4 is 29.1 Å². The van der Waals surface area contributed by atoms with Crippen molar-refractivity contribution in [3.05, 3.63) is 64.7 Å². The molecule has 1 aromatic heterocycles. The maximum atomic E-state index is 6.13. The van der Waals surface area contributed by atoms with Gasteiger partial charge in [0, 0.05) is 28.9 Å². The number of anilines is 3. The van der Waals surface area contributed by atoms with Gasteiger partial charge in [0.05, 0.1) is 5.69 Å². The number of benzene rings is 2. The second-order valence-electron chi connectivity index (χ2n) is 5.90. The number of aromatic nitrogens is 2. The quantitative estimate of drug-likeness (QED) is 0.628. The molecule has 25 heavy (non-hydrogen) atoms. The molecule has 0 aliphatic rings.